The lowest BCUT2D eigenvalue weighted by molar-refractivity contribution is -0.115. The number of aryl methyl sites for hydroxylation is 2. The predicted molar refractivity (Wildman–Crippen MR) is 132 cm³/mol. The molecule has 1 aromatic heterocycles. The molecule has 0 bridgehead atoms. The number of thioether (sulfide) groups is 1. The molecule has 3 aromatic rings. The molecule has 0 aliphatic carbocycles. The van der Waals surface area contributed by atoms with Gasteiger partial charge in [0.15, 0.2) is 5.16 Å². The third-order valence-electron chi connectivity index (χ3n) is 5.06. The number of carbonyl (C=O) groups excluding carboxylic acids is 1. The standard InChI is InChI=1S/C24H28ClN3O3S/c1-5-31-12-6-11-28-23(30)19-10-9-18(25)14-21(19)27-24(28)32-17(4)22(29)26-20-13-15(2)7-8-16(20)3/h7-10,13-14,17H,5-6,11-12H2,1-4H3,(H,26,29). The fraction of sp³-hybridized carbons (Fsp3) is 0.375. The molecular formula is C24H28ClN3O3S. The third-order valence-corrected chi connectivity index (χ3v) is 6.38. The largest absolute Gasteiger partial charge is 0.382 e. The summed E-state index contributed by atoms with van der Waals surface area (Å²) in [5.41, 5.74) is 3.23. The van der Waals surface area contributed by atoms with Gasteiger partial charge < -0.3 is 10.1 Å². The number of hydrogen-bond donors (Lipinski definition) is 1. The van der Waals surface area contributed by atoms with Crippen molar-refractivity contribution in [3.63, 3.8) is 0 Å². The first-order chi connectivity index (χ1) is 15.3. The number of rotatable bonds is 9. The van der Waals surface area contributed by atoms with Crippen molar-refractivity contribution in [2.24, 2.45) is 0 Å². The van der Waals surface area contributed by atoms with E-state index in [9.17, 15) is 9.59 Å². The second kappa shape index (κ2) is 11.0. The molecule has 0 saturated heterocycles. The maximum absolute atomic E-state index is 13.2. The number of ether oxygens (including phenoxy) is 1. The number of hydrogen-bond acceptors (Lipinski definition) is 5. The summed E-state index contributed by atoms with van der Waals surface area (Å²) in [6.07, 6.45) is 0.672. The van der Waals surface area contributed by atoms with Crippen molar-refractivity contribution >= 4 is 45.9 Å². The molecule has 1 atom stereocenters. The van der Waals surface area contributed by atoms with E-state index < -0.39 is 5.25 Å². The first kappa shape index (κ1) is 24.3. The summed E-state index contributed by atoms with van der Waals surface area (Å²) in [6, 6.07) is 11.0. The number of halogens is 1. The smallest absolute Gasteiger partial charge is 0.262 e. The fourth-order valence-corrected chi connectivity index (χ4v) is 4.35. The van der Waals surface area contributed by atoms with Crippen molar-refractivity contribution in [1.82, 2.24) is 9.55 Å². The SMILES string of the molecule is CCOCCCn1c(SC(C)C(=O)Nc2cc(C)ccc2C)nc2cc(Cl)ccc2c1=O. The molecular weight excluding hydrogens is 446 g/mol. The summed E-state index contributed by atoms with van der Waals surface area (Å²) in [7, 11) is 0. The number of nitrogens with one attached hydrogen (secondary N) is 1. The van der Waals surface area contributed by atoms with Crippen LogP contribution in [0.2, 0.25) is 5.02 Å². The molecule has 1 heterocycles. The van der Waals surface area contributed by atoms with Crippen molar-refractivity contribution in [2.45, 2.75) is 51.1 Å². The highest BCUT2D eigenvalue weighted by Crippen LogP contribution is 2.26. The molecule has 2 aromatic carbocycles. The lowest BCUT2D eigenvalue weighted by Gasteiger charge is -2.17. The maximum Gasteiger partial charge on any atom is 0.262 e. The lowest BCUT2D eigenvalue weighted by Crippen LogP contribution is -2.27. The molecule has 32 heavy (non-hydrogen) atoms. The molecule has 1 amide bonds. The van der Waals surface area contributed by atoms with Gasteiger partial charge in [-0.05, 0) is 69.5 Å². The number of nitrogens with zero attached hydrogens (tertiary/aromatic N) is 2. The predicted octanol–water partition coefficient (Wildman–Crippen LogP) is 5.21. The van der Waals surface area contributed by atoms with E-state index in [2.05, 4.69) is 10.3 Å². The van der Waals surface area contributed by atoms with E-state index in [1.54, 1.807) is 22.8 Å². The average Bonchev–Trinajstić information content (AvgIpc) is 2.75. The monoisotopic (exact) mass is 473 g/mol. The van der Waals surface area contributed by atoms with E-state index in [0.29, 0.717) is 47.3 Å². The Morgan fingerprint density at radius 3 is 2.78 bits per heavy atom. The van der Waals surface area contributed by atoms with Crippen LogP contribution in [0.3, 0.4) is 0 Å². The van der Waals surface area contributed by atoms with Crippen LogP contribution in [0.5, 0.6) is 0 Å². The Morgan fingerprint density at radius 1 is 1.25 bits per heavy atom. The first-order valence-electron chi connectivity index (χ1n) is 10.6. The Balaban J connectivity index is 1.88. The van der Waals surface area contributed by atoms with Crippen molar-refractivity contribution in [1.29, 1.82) is 0 Å². The summed E-state index contributed by atoms with van der Waals surface area (Å²) in [5.74, 6) is -0.148. The maximum atomic E-state index is 13.2. The van der Waals surface area contributed by atoms with Gasteiger partial charge in [0.05, 0.1) is 16.2 Å². The van der Waals surface area contributed by atoms with Gasteiger partial charge in [-0.2, -0.15) is 0 Å². The number of carbonyl (C=O) groups is 1. The number of amides is 1. The summed E-state index contributed by atoms with van der Waals surface area (Å²) >= 11 is 7.38. The Labute approximate surface area is 197 Å². The first-order valence-corrected chi connectivity index (χ1v) is 11.9. The molecule has 3 rings (SSSR count). The summed E-state index contributed by atoms with van der Waals surface area (Å²) in [6.45, 7) is 9.32. The van der Waals surface area contributed by atoms with Gasteiger partial charge in [0, 0.05) is 30.5 Å². The average molecular weight is 474 g/mol. The zero-order valence-corrected chi connectivity index (χ0v) is 20.3. The molecule has 0 aliphatic heterocycles. The van der Waals surface area contributed by atoms with Gasteiger partial charge in [-0.1, -0.05) is 35.5 Å². The number of benzene rings is 2. The molecule has 1 N–H and O–H groups in total. The van der Waals surface area contributed by atoms with Crippen LogP contribution in [0.4, 0.5) is 5.69 Å². The summed E-state index contributed by atoms with van der Waals surface area (Å²) < 4.78 is 7.05. The topological polar surface area (TPSA) is 73.2 Å². The fourth-order valence-electron chi connectivity index (χ4n) is 3.25. The van der Waals surface area contributed by atoms with Crippen molar-refractivity contribution in [3.8, 4) is 0 Å². The van der Waals surface area contributed by atoms with E-state index in [1.807, 2.05) is 45.9 Å². The minimum absolute atomic E-state index is 0.146. The molecule has 0 saturated carbocycles. The van der Waals surface area contributed by atoms with Crippen LogP contribution in [0.15, 0.2) is 46.3 Å². The van der Waals surface area contributed by atoms with Crippen LogP contribution in [0.1, 0.15) is 31.4 Å². The highest BCUT2D eigenvalue weighted by Gasteiger charge is 2.20. The van der Waals surface area contributed by atoms with Gasteiger partial charge in [0.25, 0.3) is 5.56 Å². The van der Waals surface area contributed by atoms with Gasteiger partial charge in [-0.25, -0.2) is 4.98 Å². The van der Waals surface area contributed by atoms with Gasteiger partial charge in [0.2, 0.25) is 5.91 Å². The van der Waals surface area contributed by atoms with Gasteiger partial charge >= 0.3 is 0 Å². The molecule has 170 valence electrons. The van der Waals surface area contributed by atoms with Crippen LogP contribution in [0.25, 0.3) is 10.9 Å². The number of fused-ring (bicyclic) bond motifs is 1. The summed E-state index contributed by atoms with van der Waals surface area (Å²) in [5, 5.41) is 4.04. The number of anilines is 1. The minimum Gasteiger partial charge on any atom is -0.382 e. The van der Waals surface area contributed by atoms with Crippen LogP contribution < -0.4 is 10.9 Å². The Morgan fingerprint density at radius 2 is 2.03 bits per heavy atom. The second-order valence-corrected chi connectivity index (χ2v) is 9.38. The highest BCUT2D eigenvalue weighted by atomic mass is 35.5. The third kappa shape index (κ3) is 5.91. The zero-order chi connectivity index (χ0) is 23.3. The summed E-state index contributed by atoms with van der Waals surface area (Å²) in [4.78, 5) is 30.8. The molecule has 6 nitrogen and oxygen atoms in total. The van der Waals surface area contributed by atoms with Crippen molar-refractivity contribution in [2.75, 3.05) is 18.5 Å². The normalized spacial score (nSPS) is 12.2. The molecule has 0 spiro atoms. The van der Waals surface area contributed by atoms with Gasteiger partial charge in [-0.15, -0.1) is 0 Å². The quantitative estimate of drug-likeness (QED) is 0.262. The Bertz CT molecular complexity index is 1180. The van der Waals surface area contributed by atoms with Crippen LogP contribution in [-0.2, 0) is 16.1 Å². The highest BCUT2D eigenvalue weighted by molar-refractivity contribution is 8.00. The molecule has 0 aliphatic rings. The van der Waals surface area contributed by atoms with Crippen LogP contribution >= 0.6 is 23.4 Å². The molecule has 0 fully saturated rings. The minimum atomic E-state index is -0.461. The van der Waals surface area contributed by atoms with E-state index in [-0.39, 0.29) is 11.5 Å². The molecule has 8 heteroatoms. The van der Waals surface area contributed by atoms with E-state index in [1.165, 1.54) is 11.8 Å². The van der Waals surface area contributed by atoms with Crippen molar-refractivity contribution < 1.29 is 9.53 Å². The van der Waals surface area contributed by atoms with E-state index >= 15 is 0 Å². The zero-order valence-electron chi connectivity index (χ0n) is 18.8. The molecule has 1 unspecified atom stereocenters. The van der Waals surface area contributed by atoms with Gasteiger partial charge in [0.1, 0.15) is 0 Å². The molecule has 0 radical (unpaired) electrons. The van der Waals surface area contributed by atoms with E-state index in [4.69, 9.17) is 16.3 Å². The van der Waals surface area contributed by atoms with Crippen LogP contribution in [-0.4, -0.2) is 33.9 Å². The second-order valence-electron chi connectivity index (χ2n) is 7.63. The van der Waals surface area contributed by atoms with Gasteiger partial charge in [-0.3, -0.25) is 14.2 Å². The Hall–Kier alpha value is -2.35. The van der Waals surface area contributed by atoms with Crippen molar-refractivity contribution in [3.05, 3.63) is 62.9 Å². The Kier molecular flexibility index (Phi) is 8.34. The lowest BCUT2D eigenvalue weighted by atomic mass is 10.1. The number of aromatic nitrogens is 2. The van der Waals surface area contributed by atoms with Crippen LogP contribution in [0, 0.1) is 13.8 Å². The van der Waals surface area contributed by atoms with E-state index in [0.717, 1.165) is 16.8 Å².